The summed E-state index contributed by atoms with van der Waals surface area (Å²) in [4.78, 5) is 9.25. The van der Waals surface area contributed by atoms with Crippen LogP contribution in [-0.2, 0) is 11.3 Å². The first-order valence-electron chi connectivity index (χ1n) is 8.37. The van der Waals surface area contributed by atoms with Crippen LogP contribution in [0.2, 0.25) is 0 Å². The van der Waals surface area contributed by atoms with Gasteiger partial charge in [-0.3, -0.25) is 4.98 Å². The monoisotopic (exact) mass is 312 g/mol. The molecule has 0 unspecified atom stereocenters. The maximum atomic E-state index is 5.61. The van der Waals surface area contributed by atoms with Crippen LogP contribution < -0.4 is 5.43 Å². The number of pyridine rings is 1. The van der Waals surface area contributed by atoms with E-state index < -0.39 is 0 Å². The molecule has 0 aliphatic heterocycles. The highest BCUT2D eigenvalue weighted by Crippen LogP contribution is 2.24. The van der Waals surface area contributed by atoms with Crippen LogP contribution >= 0.6 is 0 Å². The van der Waals surface area contributed by atoms with Crippen molar-refractivity contribution in [3.8, 4) is 0 Å². The van der Waals surface area contributed by atoms with E-state index in [1.165, 1.54) is 0 Å². The van der Waals surface area contributed by atoms with E-state index in [2.05, 4.69) is 35.0 Å². The second-order valence-electron chi connectivity index (χ2n) is 5.65. The summed E-state index contributed by atoms with van der Waals surface area (Å²) in [7, 11) is 0. The van der Waals surface area contributed by atoms with Crippen LogP contribution in [0.3, 0.4) is 0 Å². The predicted octanol–water partition coefficient (Wildman–Crippen LogP) is 3.85. The lowest BCUT2D eigenvalue weighted by molar-refractivity contribution is 0.126. The smallest absolute Gasteiger partial charge is 0.154 e. The Balaban J connectivity index is 2.19. The summed E-state index contributed by atoms with van der Waals surface area (Å²) in [6.45, 7) is 7.56. The van der Waals surface area contributed by atoms with E-state index in [1.807, 2.05) is 31.3 Å². The fourth-order valence-corrected chi connectivity index (χ4v) is 2.83. The lowest BCUT2D eigenvalue weighted by atomic mass is 10.2. The third kappa shape index (κ3) is 3.01. The van der Waals surface area contributed by atoms with E-state index in [0.717, 1.165) is 40.6 Å². The summed E-state index contributed by atoms with van der Waals surface area (Å²) >= 11 is 0. The first kappa shape index (κ1) is 15.7. The van der Waals surface area contributed by atoms with Gasteiger partial charge in [-0.2, -0.15) is 0 Å². The summed E-state index contributed by atoms with van der Waals surface area (Å²) in [5.74, 6) is 0.895. The van der Waals surface area contributed by atoms with Gasteiger partial charge in [-0.05, 0) is 25.8 Å². The van der Waals surface area contributed by atoms with Crippen LogP contribution in [0, 0.1) is 0 Å². The molecule has 0 saturated heterocycles. The molecular weight excluding hydrogens is 288 g/mol. The van der Waals surface area contributed by atoms with Crippen molar-refractivity contribution < 1.29 is 4.74 Å². The minimum absolute atomic E-state index is 0.403. The quantitative estimate of drug-likeness (QED) is 0.720. The Morgan fingerprint density at radius 3 is 2.65 bits per heavy atom. The van der Waals surface area contributed by atoms with Gasteiger partial charge in [0.15, 0.2) is 5.82 Å². The predicted molar refractivity (Wildman–Crippen MR) is 94.1 cm³/mol. The van der Waals surface area contributed by atoms with Crippen molar-refractivity contribution in [2.75, 3.05) is 12.0 Å². The topological polar surface area (TPSA) is 52.0 Å². The van der Waals surface area contributed by atoms with Crippen molar-refractivity contribution in [3.63, 3.8) is 0 Å². The molecular formula is C18H24N4O. The Kier molecular flexibility index (Phi) is 4.76. The number of ether oxygens (including phenoxy) is 1. The molecule has 2 aromatic heterocycles. The van der Waals surface area contributed by atoms with Gasteiger partial charge in [-0.1, -0.05) is 32.0 Å². The molecule has 0 bridgehead atoms. The Bertz CT molecular complexity index is 792. The molecule has 0 spiro atoms. The molecule has 0 saturated carbocycles. The molecule has 5 heteroatoms. The standard InChI is InChI=1S/C18H24N4O/c1-4-13(5-2)21-22-17(12-23-6-3)20-16-11-19-15-10-8-7-9-14(15)18(16)22/h7-11,13,21H,4-6,12H2,1-3H3. The van der Waals surface area contributed by atoms with E-state index in [-0.39, 0.29) is 0 Å². The average Bonchev–Trinajstić information content (AvgIpc) is 2.95. The first-order chi connectivity index (χ1) is 11.3. The van der Waals surface area contributed by atoms with Crippen molar-refractivity contribution in [1.82, 2.24) is 14.6 Å². The molecule has 5 nitrogen and oxygen atoms in total. The molecule has 23 heavy (non-hydrogen) atoms. The first-order valence-corrected chi connectivity index (χ1v) is 8.37. The average molecular weight is 312 g/mol. The summed E-state index contributed by atoms with van der Waals surface area (Å²) in [5, 5.41) is 1.11. The molecule has 2 heterocycles. The number of imidazole rings is 1. The van der Waals surface area contributed by atoms with Gasteiger partial charge < -0.3 is 10.2 Å². The molecule has 1 N–H and O–H groups in total. The molecule has 0 fully saturated rings. The molecule has 1 aromatic carbocycles. The van der Waals surface area contributed by atoms with Crippen LogP contribution in [0.5, 0.6) is 0 Å². The van der Waals surface area contributed by atoms with Crippen molar-refractivity contribution in [2.24, 2.45) is 0 Å². The lowest BCUT2D eigenvalue weighted by Gasteiger charge is -2.20. The van der Waals surface area contributed by atoms with Gasteiger partial charge in [0.05, 0.1) is 11.7 Å². The summed E-state index contributed by atoms with van der Waals surface area (Å²) in [6, 6.07) is 8.59. The van der Waals surface area contributed by atoms with E-state index in [9.17, 15) is 0 Å². The van der Waals surface area contributed by atoms with Gasteiger partial charge >= 0.3 is 0 Å². The number of para-hydroxylation sites is 1. The largest absolute Gasteiger partial charge is 0.374 e. The second-order valence-corrected chi connectivity index (χ2v) is 5.65. The number of aromatic nitrogens is 3. The number of fused-ring (bicyclic) bond motifs is 3. The number of hydrogen-bond acceptors (Lipinski definition) is 4. The summed E-state index contributed by atoms with van der Waals surface area (Å²) in [5.41, 5.74) is 6.58. The van der Waals surface area contributed by atoms with Crippen LogP contribution in [0.25, 0.3) is 21.9 Å². The molecule has 0 aliphatic rings. The Labute approximate surface area is 136 Å². The molecule has 0 aliphatic carbocycles. The Morgan fingerprint density at radius 1 is 1.13 bits per heavy atom. The third-order valence-corrected chi connectivity index (χ3v) is 4.19. The number of hydrogen-bond donors (Lipinski definition) is 1. The second kappa shape index (κ2) is 6.96. The fourth-order valence-electron chi connectivity index (χ4n) is 2.83. The lowest BCUT2D eigenvalue weighted by Crippen LogP contribution is -2.28. The van der Waals surface area contributed by atoms with Crippen LogP contribution in [0.1, 0.15) is 39.4 Å². The van der Waals surface area contributed by atoms with E-state index in [0.29, 0.717) is 19.3 Å². The third-order valence-electron chi connectivity index (χ3n) is 4.19. The normalized spacial score (nSPS) is 11.7. The molecule has 0 amide bonds. The van der Waals surface area contributed by atoms with Gasteiger partial charge in [0.25, 0.3) is 0 Å². The highest BCUT2D eigenvalue weighted by molar-refractivity contribution is 6.02. The van der Waals surface area contributed by atoms with Gasteiger partial charge in [0.2, 0.25) is 0 Å². The summed E-state index contributed by atoms with van der Waals surface area (Å²) in [6.07, 6.45) is 3.97. The number of nitrogens with zero attached hydrogens (tertiary/aromatic N) is 3. The maximum absolute atomic E-state index is 5.61. The van der Waals surface area contributed by atoms with E-state index >= 15 is 0 Å². The zero-order chi connectivity index (χ0) is 16.2. The van der Waals surface area contributed by atoms with Gasteiger partial charge in [0, 0.05) is 18.0 Å². The number of rotatable bonds is 7. The van der Waals surface area contributed by atoms with Crippen molar-refractivity contribution >= 4 is 21.9 Å². The molecule has 0 radical (unpaired) electrons. The van der Waals surface area contributed by atoms with E-state index in [1.54, 1.807) is 0 Å². The van der Waals surface area contributed by atoms with Crippen molar-refractivity contribution in [1.29, 1.82) is 0 Å². The van der Waals surface area contributed by atoms with Gasteiger partial charge in [-0.15, -0.1) is 0 Å². The Hall–Kier alpha value is -2.14. The molecule has 122 valence electrons. The number of benzene rings is 1. The highest BCUT2D eigenvalue weighted by atomic mass is 16.5. The zero-order valence-electron chi connectivity index (χ0n) is 14.0. The van der Waals surface area contributed by atoms with Crippen molar-refractivity contribution in [3.05, 3.63) is 36.3 Å². The van der Waals surface area contributed by atoms with Crippen LogP contribution in [-0.4, -0.2) is 27.3 Å². The molecule has 3 aromatic rings. The van der Waals surface area contributed by atoms with Gasteiger partial charge in [0.1, 0.15) is 17.6 Å². The molecule has 0 atom stereocenters. The fraction of sp³-hybridized carbons (Fsp3) is 0.444. The molecule has 3 rings (SSSR count). The van der Waals surface area contributed by atoms with Crippen LogP contribution in [0.15, 0.2) is 30.5 Å². The minimum Gasteiger partial charge on any atom is -0.374 e. The van der Waals surface area contributed by atoms with Crippen molar-refractivity contribution in [2.45, 2.75) is 46.3 Å². The SMILES string of the molecule is CCOCc1nc2cnc3ccccc3c2n1NC(CC)CC. The van der Waals surface area contributed by atoms with E-state index in [4.69, 9.17) is 9.72 Å². The minimum atomic E-state index is 0.403. The number of nitrogens with one attached hydrogen (secondary N) is 1. The zero-order valence-corrected chi connectivity index (χ0v) is 14.0. The van der Waals surface area contributed by atoms with Gasteiger partial charge in [-0.25, -0.2) is 9.66 Å². The summed E-state index contributed by atoms with van der Waals surface area (Å²) < 4.78 is 7.71. The Morgan fingerprint density at radius 2 is 1.91 bits per heavy atom. The highest BCUT2D eigenvalue weighted by Gasteiger charge is 2.16. The maximum Gasteiger partial charge on any atom is 0.154 e. The van der Waals surface area contributed by atoms with Crippen LogP contribution in [0.4, 0.5) is 0 Å².